The molecule has 0 amide bonds. The zero-order valence-electron chi connectivity index (χ0n) is 13.8. The van der Waals surface area contributed by atoms with Crippen LogP contribution >= 0.6 is 0 Å². The average molecular weight is 421 g/mol. The third kappa shape index (κ3) is 5.30. The Kier molecular flexibility index (Phi) is 7.47. The number of rotatable bonds is 6. The van der Waals surface area contributed by atoms with Crippen molar-refractivity contribution in [2.45, 2.75) is 61.3 Å². The van der Waals surface area contributed by atoms with E-state index >= 15 is 0 Å². The highest BCUT2D eigenvalue weighted by Gasteiger charge is 2.50. The van der Waals surface area contributed by atoms with E-state index in [1.165, 1.54) is 0 Å². The van der Waals surface area contributed by atoms with E-state index < -0.39 is 85.0 Å². The van der Waals surface area contributed by atoms with Crippen LogP contribution in [0.25, 0.3) is 0 Å². The Morgan fingerprint density at radius 3 is 2.11 bits per heavy atom. The second-order valence-electron chi connectivity index (χ2n) is 6.14. The van der Waals surface area contributed by atoms with Crippen molar-refractivity contribution in [2.75, 3.05) is 13.2 Å². The molecule has 10 atom stereocenters. The van der Waals surface area contributed by atoms with Gasteiger partial charge in [-0.1, -0.05) is 0 Å². The van der Waals surface area contributed by atoms with Crippen LogP contribution in [0.15, 0.2) is 0 Å². The van der Waals surface area contributed by atoms with Gasteiger partial charge in [-0.3, -0.25) is 4.55 Å². The van der Waals surface area contributed by atoms with E-state index in [1.807, 2.05) is 0 Å². The summed E-state index contributed by atoms with van der Waals surface area (Å²) in [5, 5.41) is 58.5. The Morgan fingerprint density at radius 2 is 1.56 bits per heavy atom. The van der Waals surface area contributed by atoms with Crippen LogP contribution in [0.3, 0.4) is 0 Å². The van der Waals surface area contributed by atoms with Crippen LogP contribution in [-0.4, -0.2) is 118 Å². The number of aliphatic hydroxyl groups excluding tert-OH is 6. The summed E-state index contributed by atoms with van der Waals surface area (Å²) in [6.45, 7) is -1.64. The van der Waals surface area contributed by atoms with Crippen LogP contribution in [0.2, 0.25) is 0 Å². The third-order valence-electron chi connectivity index (χ3n) is 4.26. The van der Waals surface area contributed by atoms with E-state index in [1.54, 1.807) is 0 Å². The van der Waals surface area contributed by atoms with Crippen LogP contribution in [0.1, 0.15) is 0 Å². The molecular formula is C12H23NO13S. The number of hydrogen-bond acceptors (Lipinski definition) is 13. The van der Waals surface area contributed by atoms with Crippen molar-refractivity contribution < 1.29 is 62.0 Å². The standard InChI is InChI=1S/C12H23NO13S/c13-5-7(16)10(4(24-11(5)19)2-23-27(20,21)22)26-12-9(18)8(17)6(15)3(1-14)25-12/h3-12,14-19H,1-2,13H2,(H,20,21,22)/t3-,4-,5-,6+,7-,8+,9-,10-,11?,12+/m1/s1. The summed E-state index contributed by atoms with van der Waals surface area (Å²) in [6, 6.07) is -1.40. The number of hydrogen-bond donors (Lipinski definition) is 8. The Morgan fingerprint density at radius 1 is 0.926 bits per heavy atom. The van der Waals surface area contributed by atoms with Crippen LogP contribution in [-0.2, 0) is 28.8 Å². The lowest BCUT2D eigenvalue weighted by Crippen LogP contribution is -2.66. The van der Waals surface area contributed by atoms with Gasteiger partial charge in [0.05, 0.1) is 19.3 Å². The van der Waals surface area contributed by atoms with Gasteiger partial charge < -0.3 is 50.6 Å². The molecule has 2 fully saturated rings. The van der Waals surface area contributed by atoms with Crippen LogP contribution in [0, 0.1) is 0 Å². The average Bonchev–Trinajstić information content (AvgIpc) is 2.60. The Balaban J connectivity index is 2.17. The summed E-state index contributed by atoms with van der Waals surface area (Å²) in [7, 11) is -4.88. The first-order valence-electron chi connectivity index (χ1n) is 7.81. The zero-order valence-corrected chi connectivity index (χ0v) is 14.6. The molecule has 0 bridgehead atoms. The molecule has 0 radical (unpaired) electrons. The van der Waals surface area contributed by atoms with Gasteiger partial charge in [0.2, 0.25) is 0 Å². The van der Waals surface area contributed by atoms with E-state index in [0.717, 1.165) is 0 Å². The molecule has 15 heteroatoms. The molecule has 2 rings (SSSR count). The van der Waals surface area contributed by atoms with Crippen molar-refractivity contribution in [3.8, 4) is 0 Å². The number of ether oxygens (including phenoxy) is 3. The Labute approximate surface area is 153 Å². The van der Waals surface area contributed by atoms with Gasteiger partial charge in [-0.05, 0) is 0 Å². The highest BCUT2D eigenvalue weighted by atomic mass is 32.3. The summed E-state index contributed by atoms with van der Waals surface area (Å²) in [6.07, 6.45) is -14.7. The molecule has 0 aromatic rings. The largest absolute Gasteiger partial charge is 0.397 e. The minimum Gasteiger partial charge on any atom is -0.394 e. The lowest BCUT2D eigenvalue weighted by molar-refractivity contribution is -0.343. The third-order valence-corrected chi connectivity index (χ3v) is 4.70. The minimum atomic E-state index is -4.88. The Bertz CT molecular complexity index is 588. The molecule has 0 aromatic heterocycles. The Hall–Kier alpha value is -0.530. The molecule has 27 heavy (non-hydrogen) atoms. The molecule has 2 saturated heterocycles. The molecule has 160 valence electrons. The highest BCUT2D eigenvalue weighted by molar-refractivity contribution is 7.80. The molecule has 1 unspecified atom stereocenters. The van der Waals surface area contributed by atoms with Gasteiger partial charge in [-0.25, -0.2) is 4.18 Å². The summed E-state index contributed by atoms with van der Waals surface area (Å²) in [4.78, 5) is 0. The van der Waals surface area contributed by atoms with Crippen molar-refractivity contribution in [2.24, 2.45) is 5.73 Å². The first-order valence-corrected chi connectivity index (χ1v) is 9.17. The molecule has 0 aliphatic carbocycles. The number of aliphatic hydroxyl groups is 6. The van der Waals surface area contributed by atoms with Crippen LogP contribution < -0.4 is 5.73 Å². The molecule has 0 saturated carbocycles. The zero-order chi connectivity index (χ0) is 20.5. The molecule has 0 spiro atoms. The van der Waals surface area contributed by atoms with Crippen molar-refractivity contribution in [3.63, 3.8) is 0 Å². The van der Waals surface area contributed by atoms with Crippen molar-refractivity contribution >= 4 is 10.4 Å². The minimum absolute atomic E-state index is 0.734. The molecule has 9 N–H and O–H groups in total. The molecule has 2 aliphatic rings. The van der Waals surface area contributed by atoms with Crippen LogP contribution in [0.5, 0.6) is 0 Å². The van der Waals surface area contributed by atoms with Gasteiger partial charge >= 0.3 is 10.4 Å². The fraction of sp³-hybridized carbons (Fsp3) is 1.00. The fourth-order valence-electron chi connectivity index (χ4n) is 2.74. The quantitative estimate of drug-likeness (QED) is 0.187. The molecule has 2 aliphatic heterocycles. The molecule has 14 nitrogen and oxygen atoms in total. The maximum Gasteiger partial charge on any atom is 0.397 e. The van der Waals surface area contributed by atoms with E-state index in [-0.39, 0.29) is 0 Å². The predicted molar refractivity (Wildman–Crippen MR) is 81.0 cm³/mol. The van der Waals surface area contributed by atoms with Gasteiger partial charge in [0, 0.05) is 0 Å². The number of nitrogens with two attached hydrogens (primary N) is 1. The van der Waals surface area contributed by atoms with Gasteiger partial charge in [-0.2, -0.15) is 8.42 Å². The van der Waals surface area contributed by atoms with Gasteiger partial charge in [0.15, 0.2) is 12.6 Å². The maximum absolute atomic E-state index is 10.7. The lowest BCUT2D eigenvalue weighted by Gasteiger charge is -2.45. The molecule has 2 heterocycles. The fourth-order valence-corrected chi connectivity index (χ4v) is 3.05. The molecule has 0 aromatic carbocycles. The van der Waals surface area contributed by atoms with Crippen molar-refractivity contribution in [3.05, 3.63) is 0 Å². The predicted octanol–water partition coefficient (Wildman–Crippen LogP) is -5.60. The lowest BCUT2D eigenvalue weighted by atomic mass is 9.96. The second kappa shape index (κ2) is 8.87. The highest BCUT2D eigenvalue weighted by Crippen LogP contribution is 2.28. The second-order valence-corrected chi connectivity index (χ2v) is 7.23. The van der Waals surface area contributed by atoms with E-state index in [2.05, 4.69) is 4.18 Å². The summed E-state index contributed by atoms with van der Waals surface area (Å²) in [5.74, 6) is 0. The van der Waals surface area contributed by atoms with Gasteiger partial charge in [-0.15, -0.1) is 0 Å². The maximum atomic E-state index is 10.7. The van der Waals surface area contributed by atoms with Gasteiger partial charge in [0.25, 0.3) is 0 Å². The van der Waals surface area contributed by atoms with E-state index in [4.69, 9.17) is 29.6 Å². The molecular weight excluding hydrogens is 398 g/mol. The van der Waals surface area contributed by atoms with E-state index in [9.17, 15) is 34.0 Å². The first-order chi connectivity index (χ1) is 12.5. The van der Waals surface area contributed by atoms with Crippen LogP contribution in [0.4, 0.5) is 0 Å². The first kappa shape index (κ1) is 22.8. The topological polar surface area (TPSA) is 239 Å². The smallest absolute Gasteiger partial charge is 0.394 e. The van der Waals surface area contributed by atoms with Gasteiger partial charge in [0.1, 0.15) is 42.7 Å². The SMILES string of the molecule is N[C@H]1C(O)O[C@H](COS(=O)(=O)O)[C@@H](O[C@@H]2O[C@H](CO)[C@H](O)[C@H](O)[C@H]2O)[C@@H]1O. The summed E-state index contributed by atoms with van der Waals surface area (Å²) < 4.78 is 49.8. The van der Waals surface area contributed by atoms with Crippen molar-refractivity contribution in [1.29, 1.82) is 0 Å². The normalized spacial score (nSPS) is 46.4. The van der Waals surface area contributed by atoms with Crippen molar-refractivity contribution in [1.82, 2.24) is 0 Å². The summed E-state index contributed by atoms with van der Waals surface area (Å²) in [5.41, 5.74) is 5.55. The van der Waals surface area contributed by atoms with E-state index in [0.29, 0.717) is 0 Å². The monoisotopic (exact) mass is 421 g/mol. The summed E-state index contributed by atoms with van der Waals surface area (Å²) >= 11 is 0.